The molecule has 0 fully saturated rings. The Bertz CT molecular complexity index is 1210. The van der Waals surface area contributed by atoms with Gasteiger partial charge in [0.2, 0.25) is 0 Å². The van der Waals surface area contributed by atoms with Crippen LogP contribution in [0, 0.1) is 0 Å². The predicted molar refractivity (Wildman–Crippen MR) is 118 cm³/mol. The monoisotopic (exact) mass is 418 g/mol. The van der Waals surface area contributed by atoms with Gasteiger partial charge in [0.05, 0.1) is 26.8 Å². The third-order valence-electron chi connectivity index (χ3n) is 6.09. The average Bonchev–Trinajstić information content (AvgIpc) is 3.42. The van der Waals surface area contributed by atoms with Crippen molar-refractivity contribution < 1.29 is 19.0 Å². The highest BCUT2D eigenvalue weighted by atomic mass is 16.5. The number of benzene rings is 2. The van der Waals surface area contributed by atoms with E-state index in [0.29, 0.717) is 18.1 Å². The van der Waals surface area contributed by atoms with Crippen LogP contribution in [0.4, 0.5) is 0 Å². The summed E-state index contributed by atoms with van der Waals surface area (Å²) in [6.45, 7) is 1.40. The first-order valence-electron chi connectivity index (χ1n) is 10.5. The minimum atomic E-state index is -0.0979. The minimum absolute atomic E-state index is 0.0520. The first kappa shape index (κ1) is 19.7. The molecule has 1 unspecified atom stereocenters. The van der Waals surface area contributed by atoms with Crippen molar-refractivity contribution in [2.75, 3.05) is 20.8 Å². The number of nitrogens with one attached hydrogen (secondary N) is 1. The maximum atomic E-state index is 9.38. The van der Waals surface area contributed by atoms with E-state index < -0.39 is 0 Å². The lowest BCUT2D eigenvalue weighted by Crippen LogP contribution is -2.35. The normalized spacial score (nSPS) is 16.4. The van der Waals surface area contributed by atoms with E-state index in [4.69, 9.17) is 13.9 Å². The second-order valence-corrected chi connectivity index (χ2v) is 7.79. The second kappa shape index (κ2) is 8.13. The van der Waals surface area contributed by atoms with Crippen molar-refractivity contribution in [2.45, 2.75) is 25.6 Å². The number of fused-ring (bicyclic) bond motifs is 3. The molecule has 6 nitrogen and oxygen atoms in total. The molecule has 1 atom stereocenters. The number of hydrogen-bond donors (Lipinski definition) is 2. The zero-order chi connectivity index (χ0) is 21.4. The molecule has 2 aromatic heterocycles. The third kappa shape index (κ3) is 3.38. The Labute approximate surface area is 181 Å². The minimum Gasteiger partial charge on any atom is -0.493 e. The van der Waals surface area contributed by atoms with Gasteiger partial charge >= 0.3 is 0 Å². The van der Waals surface area contributed by atoms with Crippen LogP contribution in [0.1, 0.15) is 34.4 Å². The van der Waals surface area contributed by atoms with E-state index in [2.05, 4.69) is 40.2 Å². The number of para-hydroxylation sites is 2. The fraction of sp³-hybridized carbons (Fsp3) is 0.280. The summed E-state index contributed by atoms with van der Waals surface area (Å²) in [5, 5.41) is 10.6. The van der Waals surface area contributed by atoms with Crippen molar-refractivity contribution in [1.29, 1.82) is 0 Å². The van der Waals surface area contributed by atoms with E-state index in [1.54, 1.807) is 14.2 Å². The summed E-state index contributed by atoms with van der Waals surface area (Å²) in [5.74, 6) is 2.86. The molecular weight excluding hydrogens is 392 g/mol. The largest absolute Gasteiger partial charge is 0.493 e. The Morgan fingerprint density at radius 1 is 1.03 bits per heavy atom. The number of methoxy groups -OCH3 is 2. The lowest BCUT2D eigenvalue weighted by atomic mass is 9.91. The molecular formula is C25H26N2O4. The Kier molecular flexibility index (Phi) is 5.18. The molecule has 4 aromatic rings. The van der Waals surface area contributed by atoms with Crippen molar-refractivity contribution >= 4 is 10.9 Å². The summed E-state index contributed by atoms with van der Waals surface area (Å²) in [4.78, 5) is 6.06. The molecule has 0 aliphatic carbocycles. The van der Waals surface area contributed by atoms with Gasteiger partial charge in [0, 0.05) is 28.7 Å². The third-order valence-corrected chi connectivity index (χ3v) is 6.09. The van der Waals surface area contributed by atoms with Crippen molar-refractivity contribution in [3.63, 3.8) is 0 Å². The van der Waals surface area contributed by atoms with Crippen LogP contribution in [0.25, 0.3) is 10.9 Å². The number of aliphatic hydroxyl groups is 1. The van der Waals surface area contributed by atoms with Crippen LogP contribution >= 0.6 is 0 Å². The van der Waals surface area contributed by atoms with Crippen LogP contribution < -0.4 is 9.47 Å². The van der Waals surface area contributed by atoms with Gasteiger partial charge in [0.1, 0.15) is 18.1 Å². The molecule has 6 heteroatoms. The van der Waals surface area contributed by atoms with Crippen LogP contribution in [0.2, 0.25) is 0 Å². The molecule has 2 aromatic carbocycles. The lowest BCUT2D eigenvalue weighted by molar-refractivity contribution is 0.176. The lowest BCUT2D eigenvalue weighted by Gasteiger charge is -2.36. The summed E-state index contributed by atoms with van der Waals surface area (Å²) in [6.07, 6.45) is 0.940. The number of rotatable bonds is 6. The maximum absolute atomic E-state index is 9.38. The van der Waals surface area contributed by atoms with Gasteiger partial charge in [-0.3, -0.25) is 4.90 Å². The highest BCUT2D eigenvalue weighted by Gasteiger charge is 2.34. The number of aliphatic hydroxyl groups excluding tert-OH is 1. The number of furan rings is 1. The summed E-state index contributed by atoms with van der Waals surface area (Å²) in [5.41, 5.74) is 4.70. The molecule has 0 amide bonds. The molecule has 3 heterocycles. The second-order valence-electron chi connectivity index (χ2n) is 7.79. The first-order valence-corrected chi connectivity index (χ1v) is 10.5. The molecule has 1 aliphatic rings. The number of ether oxygens (including phenoxy) is 2. The van der Waals surface area contributed by atoms with E-state index in [9.17, 15) is 5.11 Å². The van der Waals surface area contributed by atoms with Gasteiger partial charge < -0.3 is 24.0 Å². The Morgan fingerprint density at radius 2 is 1.87 bits per heavy atom. The van der Waals surface area contributed by atoms with Crippen LogP contribution in [-0.2, 0) is 19.6 Å². The average molecular weight is 418 g/mol. The fourth-order valence-electron chi connectivity index (χ4n) is 4.73. The van der Waals surface area contributed by atoms with Gasteiger partial charge in [-0.05, 0) is 36.2 Å². The summed E-state index contributed by atoms with van der Waals surface area (Å²) in [7, 11) is 3.34. The molecule has 0 saturated heterocycles. The molecule has 5 rings (SSSR count). The van der Waals surface area contributed by atoms with Crippen LogP contribution in [0.5, 0.6) is 11.5 Å². The van der Waals surface area contributed by atoms with Crippen LogP contribution in [-0.4, -0.2) is 35.8 Å². The highest BCUT2D eigenvalue weighted by Crippen LogP contribution is 2.44. The number of aromatic amines is 1. The van der Waals surface area contributed by atoms with Gasteiger partial charge in [-0.15, -0.1) is 0 Å². The Hall–Kier alpha value is -3.22. The standard InChI is InChI=1S/C25H26N2O4/c1-29-22-9-5-7-20(25(22)30-2)24-23-19(18-6-3-4-8-21(18)26-23)12-13-27(24)14-16-10-11-17(15-28)31-16/h3-11,24,26,28H,12-15H2,1-2H3. The van der Waals surface area contributed by atoms with E-state index in [1.807, 2.05) is 24.3 Å². The van der Waals surface area contributed by atoms with Gasteiger partial charge in [-0.1, -0.05) is 30.3 Å². The van der Waals surface area contributed by atoms with Crippen molar-refractivity contribution in [3.05, 3.63) is 82.9 Å². The molecule has 0 saturated carbocycles. The van der Waals surface area contributed by atoms with Gasteiger partial charge in [-0.2, -0.15) is 0 Å². The Morgan fingerprint density at radius 3 is 2.65 bits per heavy atom. The zero-order valence-corrected chi connectivity index (χ0v) is 17.7. The molecule has 31 heavy (non-hydrogen) atoms. The maximum Gasteiger partial charge on any atom is 0.165 e. The molecule has 2 N–H and O–H groups in total. The molecule has 0 bridgehead atoms. The smallest absolute Gasteiger partial charge is 0.165 e. The summed E-state index contributed by atoms with van der Waals surface area (Å²) in [6, 6.07) is 18.2. The summed E-state index contributed by atoms with van der Waals surface area (Å²) < 4.78 is 17.2. The van der Waals surface area contributed by atoms with E-state index in [1.165, 1.54) is 16.6 Å². The SMILES string of the molecule is COc1cccc(C2c3[nH]c4ccccc4c3CCN2Cc2ccc(CO)o2)c1OC. The zero-order valence-electron chi connectivity index (χ0n) is 17.7. The number of nitrogens with zero attached hydrogens (tertiary/aromatic N) is 1. The summed E-state index contributed by atoms with van der Waals surface area (Å²) >= 11 is 0. The van der Waals surface area contributed by atoms with Crippen molar-refractivity contribution in [2.24, 2.45) is 0 Å². The molecule has 160 valence electrons. The predicted octanol–water partition coefficient (Wildman–Crippen LogP) is 4.42. The highest BCUT2D eigenvalue weighted by molar-refractivity contribution is 5.85. The van der Waals surface area contributed by atoms with Crippen molar-refractivity contribution in [3.8, 4) is 11.5 Å². The van der Waals surface area contributed by atoms with Crippen molar-refractivity contribution in [1.82, 2.24) is 9.88 Å². The quantitative estimate of drug-likeness (QED) is 0.485. The van der Waals surface area contributed by atoms with E-state index in [-0.39, 0.29) is 12.6 Å². The molecule has 1 aliphatic heterocycles. The van der Waals surface area contributed by atoms with Crippen LogP contribution in [0.15, 0.2) is 59.0 Å². The first-order chi connectivity index (χ1) is 15.2. The molecule has 0 radical (unpaired) electrons. The number of H-pyrrole nitrogens is 1. The van der Waals surface area contributed by atoms with E-state index in [0.717, 1.165) is 35.6 Å². The molecule has 0 spiro atoms. The van der Waals surface area contributed by atoms with Gasteiger partial charge in [0.15, 0.2) is 11.5 Å². The topological polar surface area (TPSA) is 70.9 Å². The number of aromatic nitrogens is 1. The number of hydrogen-bond acceptors (Lipinski definition) is 5. The fourth-order valence-corrected chi connectivity index (χ4v) is 4.73. The van der Waals surface area contributed by atoms with Crippen LogP contribution in [0.3, 0.4) is 0 Å². The van der Waals surface area contributed by atoms with Gasteiger partial charge in [0.25, 0.3) is 0 Å². The Balaban J connectivity index is 1.65. The van der Waals surface area contributed by atoms with Gasteiger partial charge in [-0.25, -0.2) is 0 Å². The van der Waals surface area contributed by atoms with E-state index >= 15 is 0 Å².